The molecule has 1 aromatic heterocycles. The first-order chi connectivity index (χ1) is 15.7. The van der Waals surface area contributed by atoms with E-state index in [1.165, 1.54) is 12.1 Å². The Morgan fingerprint density at radius 1 is 0.875 bits per heavy atom. The van der Waals surface area contributed by atoms with Crippen LogP contribution in [0.4, 0.5) is 10.1 Å². The molecule has 0 saturated carbocycles. The number of halogens is 1. The number of aromatic nitrogens is 1. The van der Waals surface area contributed by atoms with Gasteiger partial charge in [-0.05, 0) is 77.9 Å². The Morgan fingerprint density at radius 3 is 2.44 bits per heavy atom. The van der Waals surface area contributed by atoms with E-state index in [0.717, 1.165) is 28.1 Å². The maximum Gasteiger partial charge on any atom is 0.227 e. The second-order valence-corrected chi connectivity index (χ2v) is 7.28. The van der Waals surface area contributed by atoms with Gasteiger partial charge in [0, 0.05) is 11.8 Å². The highest BCUT2D eigenvalue weighted by Gasteiger charge is 2.09. The average molecular weight is 422 g/mol. The SMILES string of the molecule is Fc1ccc(-c2nc3cc(N=Cc4ccc(OCc5ccccc5)cc4)ccc3o2)cc1. The highest BCUT2D eigenvalue weighted by molar-refractivity contribution is 5.84. The van der Waals surface area contributed by atoms with Crippen LogP contribution in [0, 0.1) is 5.82 Å². The summed E-state index contributed by atoms with van der Waals surface area (Å²) in [4.78, 5) is 9.05. The number of rotatable bonds is 6. The molecule has 5 rings (SSSR count). The van der Waals surface area contributed by atoms with Crippen molar-refractivity contribution in [2.24, 2.45) is 4.99 Å². The second kappa shape index (κ2) is 8.86. The molecule has 4 aromatic carbocycles. The molecule has 0 bridgehead atoms. The topological polar surface area (TPSA) is 47.6 Å². The van der Waals surface area contributed by atoms with Gasteiger partial charge in [0.2, 0.25) is 5.89 Å². The van der Waals surface area contributed by atoms with Gasteiger partial charge in [0.25, 0.3) is 0 Å². The van der Waals surface area contributed by atoms with E-state index in [9.17, 15) is 4.39 Å². The standard InChI is InChI=1S/C27H19FN2O2/c28-22-10-8-21(9-11-22)27-30-25-16-23(12-15-26(25)32-27)29-17-19-6-13-24(14-7-19)31-18-20-4-2-1-3-5-20/h1-17H,18H2. The van der Waals surface area contributed by atoms with Crippen molar-refractivity contribution in [1.29, 1.82) is 0 Å². The van der Waals surface area contributed by atoms with Gasteiger partial charge in [0.1, 0.15) is 23.7 Å². The zero-order valence-corrected chi connectivity index (χ0v) is 17.1. The van der Waals surface area contributed by atoms with E-state index in [2.05, 4.69) is 9.98 Å². The monoisotopic (exact) mass is 422 g/mol. The van der Waals surface area contributed by atoms with E-state index >= 15 is 0 Å². The third-order valence-electron chi connectivity index (χ3n) is 4.95. The Balaban J connectivity index is 1.27. The molecule has 0 atom stereocenters. The summed E-state index contributed by atoms with van der Waals surface area (Å²) in [6, 6.07) is 29.5. The zero-order chi connectivity index (χ0) is 21.8. The van der Waals surface area contributed by atoms with E-state index in [-0.39, 0.29) is 5.82 Å². The van der Waals surface area contributed by atoms with Gasteiger partial charge < -0.3 is 9.15 Å². The molecule has 0 radical (unpaired) electrons. The van der Waals surface area contributed by atoms with Crippen molar-refractivity contribution in [1.82, 2.24) is 4.98 Å². The summed E-state index contributed by atoms with van der Waals surface area (Å²) in [5.41, 5.74) is 4.93. The molecule has 0 unspecified atom stereocenters. The molecule has 156 valence electrons. The van der Waals surface area contributed by atoms with E-state index in [1.54, 1.807) is 18.3 Å². The van der Waals surface area contributed by atoms with Gasteiger partial charge in [-0.1, -0.05) is 30.3 Å². The number of oxazole rings is 1. The van der Waals surface area contributed by atoms with Crippen LogP contribution >= 0.6 is 0 Å². The van der Waals surface area contributed by atoms with Crippen LogP contribution in [0.2, 0.25) is 0 Å². The Morgan fingerprint density at radius 2 is 1.66 bits per heavy atom. The van der Waals surface area contributed by atoms with E-state index in [4.69, 9.17) is 9.15 Å². The largest absolute Gasteiger partial charge is 0.489 e. The van der Waals surface area contributed by atoms with Crippen molar-refractivity contribution in [3.8, 4) is 17.2 Å². The van der Waals surface area contributed by atoms with Gasteiger partial charge in [-0.15, -0.1) is 0 Å². The summed E-state index contributed by atoms with van der Waals surface area (Å²) in [5, 5.41) is 0. The molecular weight excluding hydrogens is 403 g/mol. The van der Waals surface area contributed by atoms with Crippen LogP contribution in [-0.4, -0.2) is 11.2 Å². The normalized spacial score (nSPS) is 11.3. The maximum atomic E-state index is 13.1. The Hall–Kier alpha value is -4.25. The fourth-order valence-electron chi connectivity index (χ4n) is 3.25. The first-order valence-corrected chi connectivity index (χ1v) is 10.2. The van der Waals surface area contributed by atoms with Crippen molar-refractivity contribution >= 4 is 23.0 Å². The summed E-state index contributed by atoms with van der Waals surface area (Å²) in [7, 11) is 0. The second-order valence-electron chi connectivity index (χ2n) is 7.28. The van der Waals surface area contributed by atoms with Crippen LogP contribution in [0.3, 0.4) is 0 Å². The summed E-state index contributed by atoms with van der Waals surface area (Å²) in [6.07, 6.45) is 1.79. The minimum atomic E-state index is -0.294. The number of hydrogen-bond acceptors (Lipinski definition) is 4. The molecule has 5 heteroatoms. The molecule has 32 heavy (non-hydrogen) atoms. The predicted molar refractivity (Wildman–Crippen MR) is 124 cm³/mol. The smallest absolute Gasteiger partial charge is 0.227 e. The average Bonchev–Trinajstić information content (AvgIpc) is 3.27. The Kier molecular flexibility index (Phi) is 5.45. The summed E-state index contributed by atoms with van der Waals surface area (Å²) < 4.78 is 24.7. The van der Waals surface area contributed by atoms with Gasteiger partial charge in [-0.2, -0.15) is 0 Å². The highest BCUT2D eigenvalue weighted by Crippen LogP contribution is 2.27. The van der Waals surface area contributed by atoms with Crippen LogP contribution in [0.1, 0.15) is 11.1 Å². The lowest BCUT2D eigenvalue weighted by Crippen LogP contribution is -1.94. The molecule has 0 amide bonds. The van der Waals surface area contributed by atoms with Crippen molar-refractivity contribution in [3.63, 3.8) is 0 Å². The fourth-order valence-corrected chi connectivity index (χ4v) is 3.25. The summed E-state index contributed by atoms with van der Waals surface area (Å²) in [5.74, 6) is 0.966. The van der Waals surface area contributed by atoms with Crippen LogP contribution in [0.5, 0.6) is 5.75 Å². The molecule has 0 saturated heterocycles. The maximum absolute atomic E-state index is 13.1. The van der Waals surface area contributed by atoms with Gasteiger partial charge >= 0.3 is 0 Å². The number of hydrogen-bond donors (Lipinski definition) is 0. The van der Waals surface area contributed by atoms with Crippen molar-refractivity contribution in [2.75, 3.05) is 0 Å². The highest BCUT2D eigenvalue weighted by atomic mass is 19.1. The number of ether oxygens (including phenoxy) is 1. The minimum Gasteiger partial charge on any atom is -0.489 e. The molecule has 0 fully saturated rings. The number of fused-ring (bicyclic) bond motifs is 1. The molecular formula is C27H19FN2O2. The third kappa shape index (κ3) is 4.57. The van der Waals surface area contributed by atoms with Crippen LogP contribution < -0.4 is 4.74 Å². The molecule has 0 aliphatic rings. The molecule has 0 N–H and O–H groups in total. The molecule has 0 aliphatic heterocycles. The summed E-state index contributed by atoms with van der Waals surface area (Å²) >= 11 is 0. The van der Waals surface area contributed by atoms with Crippen molar-refractivity contribution in [2.45, 2.75) is 6.61 Å². The van der Waals surface area contributed by atoms with E-state index in [0.29, 0.717) is 23.6 Å². The van der Waals surface area contributed by atoms with Gasteiger partial charge in [-0.3, -0.25) is 4.99 Å². The van der Waals surface area contributed by atoms with Crippen LogP contribution in [0.25, 0.3) is 22.6 Å². The number of benzene rings is 4. The lowest BCUT2D eigenvalue weighted by molar-refractivity contribution is 0.306. The van der Waals surface area contributed by atoms with E-state index in [1.807, 2.05) is 72.8 Å². The Bertz CT molecular complexity index is 1360. The van der Waals surface area contributed by atoms with Gasteiger partial charge in [-0.25, -0.2) is 9.37 Å². The first-order valence-electron chi connectivity index (χ1n) is 10.2. The zero-order valence-electron chi connectivity index (χ0n) is 17.1. The lowest BCUT2D eigenvalue weighted by atomic mass is 10.2. The molecule has 5 aromatic rings. The van der Waals surface area contributed by atoms with Crippen molar-refractivity contribution < 1.29 is 13.5 Å². The molecule has 4 nitrogen and oxygen atoms in total. The molecule has 1 heterocycles. The van der Waals surface area contributed by atoms with Gasteiger partial charge in [0.05, 0.1) is 5.69 Å². The Labute approximate surface area is 184 Å². The first kappa shape index (κ1) is 19.7. The van der Waals surface area contributed by atoms with Gasteiger partial charge in [0.15, 0.2) is 5.58 Å². The molecule has 0 aliphatic carbocycles. The third-order valence-corrected chi connectivity index (χ3v) is 4.95. The number of aliphatic imine (C=N–C) groups is 1. The molecule has 0 spiro atoms. The minimum absolute atomic E-state index is 0.294. The summed E-state index contributed by atoms with van der Waals surface area (Å²) in [6.45, 7) is 0.534. The predicted octanol–water partition coefficient (Wildman–Crippen LogP) is 6.96. The van der Waals surface area contributed by atoms with Crippen LogP contribution in [0.15, 0.2) is 106 Å². The van der Waals surface area contributed by atoms with Crippen molar-refractivity contribution in [3.05, 3.63) is 114 Å². The number of nitrogens with zero attached hydrogens (tertiary/aromatic N) is 2. The lowest BCUT2D eigenvalue weighted by Gasteiger charge is -2.06. The quantitative estimate of drug-likeness (QED) is 0.278. The fraction of sp³-hybridized carbons (Fsp3) is 0.0370. The van der Waals surface area contributed by atoms with E-state index < -0.39 is 0 Å². The van der Waals surface area contributed by atoms with Crippen LogP contribution in [-0.2, 0) is 6.61 Å².